The van der Waals surface area contributed by atoms with E-state index in [1.165, 1.54) is 12.1 Å². The molecule has 1 heterocycles. The fraction of sp³-hybridized carbons (Fsp3) is 0.333. The SMILES string of the molecule is CC(O)CNC(=O)c1ccc(Cl)nc1Cl. The Balaban J connectivity index is 2.74. The molecule has 1 rings (SSSR count). The van der Waals surface area contributed by atoms with Gasteiger partial charge in [0.15, 0.2) is 0 Å². The van der Waals surface area contributed by atoms with E-state index in [4.69, 9.17) is 28.3 Å². The topological polar surface area (TPSA) is 62.2 Å². The monoisotopic (exact) mass is 248 g/mol. The van der Waals surface area contributed by atoms with E-state index in [-0.39, 0.29) is 28.3 Å². The summed E-state index contributed by atoms with van der Waals surface area (Å²) in [5.74, 6) is -0.384. The average Bonchev–Trinajstić information content (AvgIpc) is 2.14. The number of hydrogen-bond donors (Lipinski definition) is 2. The second-order valence-electron chi connectivity index (χ2n) is 3.03. The molecule has 6 heteroatoms. The average molecular weight is 249 g/mol. The number of carbonyl (C=O) groups excluding carboxylic acids is 1. The maximum atomic E-state index is 11.5. The highest BCUT2D eigenvalue weighted by Gasteiger charge is 2.11. The third-order valence-electron chi connectivity index (χ3n) is 1.62. The summed E-state index contributed by atoms with van der Waals surface area (Å²) in [6, 6.07) is 2.96. The minimum Gasteiger partial charge on any atom is -0.392 e. The largest absolute Gasteiger partial charge is 0.392 e. The first-order valence-corrected chi connectivity index (χ1v) is 5.04. The Morgan fingerprint density at radius 2 is 2.27 bits per heavy atom. The minimum atomic E-state index is -0.604. The van der Waals surface area contributed by atoms with Crippen LogP contribution in [-0.4, -0.2) is 28.6 Å². The van der Waals surface area contributed by atoms with Crippen LogP contribution in [0.1, 0.15) is 17.3 Å². The third kappa shape index (κ3) is 3.66. The Hall–Kier alpha value is -0.840. The lowest BCUT2D eigenvalue weighted by Gasteiger charge is -2.07. The van der Waals surface area contributed by atoms with Crippen molar-refractivity contribution in [1.29, 1.82) is 0 Å². The van der Waals surface area contributed by atoms with Crippen LogP contribution in [0.5, 0.6) is 0 Å². The number of hydrogen-bond acceptors (Lipinski definition) is 3. The van der Waals surface area contributed by atoms with E-state index in [1.807, 2.05) is 0 Å². The highest BCUT2D eigenvalue weighted by Crippen LogP contribution is 2.16. The first-order valence-electron chi connectivity index (χ1n) is 4.29. The molecule has 0 radical (unpaired) electrons. The van der Waals surface area contributed by atoms with Crippen molar-refractivity contribution in [2.45, 2.75) is 13.0 Å². The van der Waals surface area contributed by atoms with Gasteiger partial charge >= 0.3 is 0 Å². The molecule has 0 bridgehead atoms. The molecule has 0 aliphatic heterocycles. The van der Waals surface area contributed by atoms with Gasteiger partial charge in [-0.25, -0.2) is 4.98 Å². The Labute approximate surface area is 97.2 Å². The van der Waals surface area contributed by atoms with Gasteiger partial charge in [-0.3, -0.25) is 4.79 Å². The molecule has 1 amide bonds. The first-order chi connectivity index (χ1) is 7.00. The zero-order valence-corrected chi connectivity index (χ0v) is 9.51. The molecule has 82 valence electrons. The molecule has 4 nitrogen and oxygen atoms in total. The zero-order valence-electron chi connectivity index (χ0n) is 8.00. The minimum absolute atomic E-state index is 0.0468. The first kappa shape index (κ1) is 12.2. The summed E-state index contributed by atoms with van der Waals surface area (Å²) in [6.07, 6.45) is -0.604. The molecule has 1 unspecified atom stereocenters. The zero-order chi connectivity index (χ0) is 11.4. The molecule has 0 fully saturated rings. The summed E-state index contributed by atoms with van der Waals surface area (Å²) in [5, 5.41) is 11.8. The van der Waals surface area contributed by atoms with Gasteiger partial charge in [-0.1, -0.05) is 23.2 Å². The number of halogens is 2. The van der Waals surface area contributed by atoms with E-state index in [1.54, 1.807) is 6.92 Å². The molecule has 0 aliphatic carbocycles. The van der Waals surface area contributed by atoms with Crippen molar-refractivity contribution in [2.75, 3.05) is 6.54 Å². The lowest BCUT2D eigenvalue weighted by atomic mass is 10.2. The van der Waals surface area contributed by atoms with Crippen molar-refractivity contribution in [3.8, 4) is 0 Å². The molecule has 0 saturated heterocycles. The molecule has 0 aliphatic rings. The number of aromatic nitrogens is 1. The summed E-state index contributed by atoms with van der Waals surface area (Å²) in [5.41, 5.74) is 0.238. The van der Waals surface area contributed by atoms with Gasteiger partial charge in [0.25, 0.3) is 5.91 Å². The third-order valence-corrected chi connectivity index (χ3v) is 2.12. The summed E-state index contributed by atoms with van der Waals surface area (Å²) in [7, 11) is 0. The van der Waals surface area contributed by atoms with Gasteiger partial charge in [0.2, 0.25) is 0 Å². The summed E-state index contributed by atoms with van der Waals surface area (Å²) < 4.78 is 0. The summed E-state index contributed by atoms with van der Waals surface area (Å²) >= 11 is 11.3. The van der Waals surface area contributed by atoms with Crippen molar-refractivity contribution in [1.82, 2.24) is 10.3 Å². The lowest BCUT2D eigenvalue weighted by molar-refractivity contribution is 0.0924. The van der Waals surface area contributed by atoms with Crippen LogP contribution in [-0.2, 0) is 0 Å². The molecule has 0 spiro atoms. The van der Waals surface area contributed by atoms with E-state index in [0.717, 1.165) is 0 Å². The number of nitrogens with one attached hydrogen (secondary N) is 1. The fourth-order valence-corrected chi connectivity index (χ4v) is 1.35. The van der Waals surface area contributed by atoms with Crippen LogP contribution in [0.3, 0.4) is 0 Å². The number of rotatable bonds is 3. The van der Waals surface area contributed by atoms with Crippen LogP contribution in [0.4, 0.5) is 0 Å². The highest BCUT2D eigenvalue weighted by atomic mass is 35.5. The van der Waals surface area contributed by atoms with Crippen LogP contribution in [0.25, 0.3) is 0 Å². The van der Waals surface area contributed by atoms with E-state index in [2.05, 4.69) is 10.3 Å². The molecule has 15 heavy (non-hydrogen) atoms. The molecule has 0 aromatic carbocycles. The maximum absolute atomic E-state index is 11.5. The van der Waals surface area contributed by atoms with Crippen molar-refractivity contribution in [3.05, 3.63) is 28.0 Å². The van der Waals surface area contributed by atoms with Crippen LogP contribution in [0, 0.1) is 0 Å². The van der Waals surface area contributed by atoms with Crippen LogP contribution in [0.15, 0.2) is 12.1 Å². The number of pyridine rings is 1. The van der Waals surface area contributed by atoms with Gasteiger partial charge in [0.05, 0.1) is 11.7 Å². The number of carbonyl (C=O) groups is 1. The fourth-order valence-electron chi connectivity index (χ4n) is 0.917. The van der Waals surface area contributed by atoms with Crippen LogP contribution >= 0.6 is 23.2 Å². The molecule has 1 atom stereocenters. The van der Waals surface area contributed by atoms with Crippen molar-refractivity contribution in [2.24, 2.45) is 0 Å². The number of aliphatic hydroxyl groups excluding tert-OH is 1. The van der Waals surface area contributed by atoms with Crippen LogP contribution in [0.2, 0.25) is 10.3 Å². The van der Waals surface area contributed by atoms with Gasteiger partial charge in [-0.05, 0) is 19.1 Å². The van der Waals surface area contributed by atoms with E-state index in [9.17, 15) is 4.79 Å². The predicted octanol–water partition coefficient (Wildman–Crippen LogP) is 1.50. The highest BCUT2D eigenvalue weighted by molar-refractivity contribution is 6.34. The number of aliphatic hydroxyl groups is 1. The second kappa shape index (κ2) is 5.30. The molecule has 2 N–H and O–H groups in total. The van der Waals surface area contributed by atoms with E-state index < -0.39 is 6.10 Å². The van der Waals surface area contributed by atoms with Crippen LogP contribution < -0.4 is 5.32 Å². The van der Waals surface area contributed by atoms with Crippen molar-refractivity contribution < 1.29 is 9.90 Å². The van der Waals surface area contributed by atoms with Gasteiger partial charge in [-0.2, -0.15) is 0 Å². The van der Waals surface area contributed by atoms with E-state index >= 15 is 0 Å². The summed E-state index contributed by atoms with van der Waals surface area (Å²) in [4.78, 5) is 15.2. The van der Waals surface area contributed by atoms with Crippen molar-refractivity contribution in [3.63, 3.8) is 0 Å². The molecular formula is C9H10Cl2N2O2. The standard InChI is InChI=1S/C9H10Cl2N2O2/c1-5(14)4-12-9(15)6-2-3-7(10)13-8(6)11/h2-3,5,14H,4H2,1H3,(H,12,15). The Kier molecular flexibility index (Phi) is 4.32. The van der Waals surface area contributed by atoms with Crippen molar-refractivity contribution >= 4 is 29.1 Å². The molecule has 1 aromatic heterocycles. The lowest BCUT2D eigenvalue weighted by Crippen LogP contribution is -2.30. The summed E-state index contributed by atoms with van der Waals surface area (Å²) in [6.45, 7) is 1.74. The molecule has 0 saturated carbocycles. The van der Waals surface area contributed by atoms with Gasteiger partial charge in [0, 0.05) is 6.54 Å². The predicted molar refractivity (Wildman–Crippen MR) is 58.3 cm³/mol. The number of amides is 1. The Morgan fingerprint density at radius 3 is 2.80 bits per heavy atom. The Morgan fingerprint density at radius 1 is 1.60 bits per heavy atom. The molecule has 1 aromatic rings. The van der Waals surface area contributed by atoms with E-state index in [0.29, 0.717) is 0 Å². The van der Waals surface area contributed by atoms with Gasteiger partial charge in [-0.15, -0.1) is 0 Å². The van der Waals surface area contributed by atoms with Gasteiger partial charge < -0.3 is 10.4 Å². The number of nitrogens with zero attached hydrogens (tertiary/aromatic N) is 1. The Bertz CT molecular complexity index is 369. The quantitative estimate of drug-likeness (QED) is 0.798. The smallest absolute Gasteiger partial charge is 0.254 e. The second-order valence-corrected chi connectivity index (χ2v) is 3.78. The normalized spacial score (nSPS) is 12.3. The maximum Gasteiger partial charge on any atom is 0.254 e. The van der Waals surface area contributed by atoms with Gasteiger partial charge in [0.1, 0.15) is 10.3 Å². The molecular weight excluding hydrogens is 239 g/mol.